The van der Waals surface area contributed by atoms with Crippen molar-refractivity contribution in [3.05, 3.63) is 34.3 Å². The molecule has 0 heterocycles. The maximum absolute atomic E-state index is 11.4. The van der Waals surface area contributed by atoms with Gasteiger partial charge in [-0.15, -0.1) is 0 Å². The van der Waals surface area contributed by atoms with E-state index in [-0.39, 0.29) is 5.97 Å². The van der Waals surface area contributed by atoms with Crippen molar-refractivity contribution in [2.75, 3.05) is 6.61 Å². The van der Waals surface area contributed by atoms with Gasteiger partial charge in [-0.2, -0.15) is 0 Å². The number of aryl methyl sites for hydroxylation is 1. The molecule has 0 fully saturated rings. The molecule has 3 heteroatoms. The zero-order valence-corrected chi connectivity index (χ0v) is 9.10. The lowest BCUT2D eigenvalue weighted by Crippen LogP contribution is -2.05. The Morgan fingerprint density at radius 1 is 1.43 bits per heavy atom. The molecule has 1 rings (SSSR count). The summed E-state index contributed by atoms with van der Waals surface area (Å²) in [5.74, 6) is -0.354. The van der Waals surface area contributed by atoms with Gasteiger partial charge in [-0.05, 0) is 31.0 Å². The van der Waals surface area contributed by atoms with E-state index in [4.69, 9.17) is 16.3 Å². The molecule has 1 aromatic carbocycles. The van der Waals surface area contributed by atoms with Crippen molar-refractivity contribution in [3.8, 4) is 0 Å². The van der Waals surface area contributed by atoms with Crippen LogP contribution in [0.5, 0.6) is 0 Å². The summed E-state index contributed by atoms with van der Waals surface area (Å²) < 4.78 is 4.88. The molecule has 0 radical (unpaired) electrons. The Balaban J connectivity index is 2.99. The Labute approximate surface area is 88.8 Å². The number of halogens is 1. The number of ether oxygens (including phenoxy) is 1. The van der Waals surface area contributed by atoms with E-state index >= 15 is 0 Å². The maximum atomic E-state index is 11.4. The van der Waals surface area contributed by atoms with Crippen LogP contribution in [-0.4, -0.2) is 12.6 Å². The number of hydrogen-bond donors (Lipinski definition) is 0. The van der Waals surface area contributed by atoms with E-state index in [9.17, 15) is 4.79 Å². The van der Waals surface area contributed by atoms with Gasteiger partial charge in [-0.1, -0.05) is 24.6 Å². The smallest absolute Gasteiger partial charge is 0.339 e. The van der Waals surface area contributed by atoms with E-state index in [1.165, 1.54) is 0 Å². The molecule has 2 nitrogen and oxygen atoms in total. The van der Waals surface area contributed by atoms with Crippen LogP contribution in [-0.2, 0) is 11.2 Å². The van der Waals surface area contributed by atoms with Crippen LogP contribution in [0, 0.1) is 0 Å². The summed E-state index contributed by atoms with van der Waals surface area (Å²) in [7, 11) is 0. The fourth-order valence-electron chi connectivity index (χ4n) is 1.16. The standard InChI is InChI=1S/C11H13ClO2/c1-3-8-5-6-10(12)9(7-8)11(13)14-4-2/h5-7H,3-4H2,1-2H3. The molecule has 0 aliphatic rings. The molecule has 0 aliphatic carbocycles. The molecule has 0 amide bonds. The number of carbonyl (C=O) groups excluding carboxylic acids is 1. The van der Waals surface area contributed by atoms with Gasteiger partial charge in [0.2, 0.25) is 0 Å². The van der Waals surface area contributed by atoms with E-state index in [2.05, 4.69) is 0 Å². The van der Waals surface area contributed by atoms with Crippen LogP contribution < -0.4 is 0 Å². The van der Waals surface area contributed by atoms with E-state index in [0.717, 1.165) is 12.0 Å². The van der Waals surface area contributed by atoms with Crippen LogP contribution in [0.15, 0.2) is 18.2 Å². The maximum Gasteiger partial charge on any atom is 0.339 e. The molecule has 0 atom stereocenters. The molecule has 0 N–H and O–H groups in total. The largest absolute Gasteiger partial charge is 0.462 e. The molecule has 0 saturated carbocycles. The second kappa shape index (κ2) is 5.01. The van der Waals surface area contributed by atoms with Crippen LogP contribution in [0.3, 0.4) is 0 Å². The van der Waals surface area contributed by atoms with Crippen molar-refractivity contribution in [2.45, 2.75) is 20.3 Å². The predicted octanol–water partition coefficient (Wildman–Crippen LogP) is 3.08. The molecule has 0 unspecified atom stereocenters. The summed E-state index contributed by atoms with van der Waals surface area (Å²) in [6.45, 7) is 4.17. The van der Waals surface area contributed by atoms with E-state index in [0.29, 0.717) is 17.2 Å². The lowest BCUT2D eigenvalue weighted by molar-refractivity contribution is 0.0526. The summed E-state index contributed by atoms with van der Waals surface area (Å²) in [6.07, 6.45) is 0.879. The highest BCUT2D eigenvalue weighted by Gasteiger charge is 2.11. The Morgan fingerprint density at radius 2 is 2.14 bits per heavy atom. The number of esters is 1. The van der Waals surface area contributed by atoms with Crippen molar-refractivity contribution in [2.24, 2.45) is 0 Å². The van der Waals surface area contributed by atoms with Gasteiger partial charge in [-0.3, -0.25) is 0 Å². The molecule has 1 aromatic rings. The Hall–Kier alpha value is -1.02. The van der Waals surface area contributed by atoms with Crippen LogP contribution in [0.1, 0.15) is 29.8 Å². The van der Waals surface area contributed by atoms with Crippen molar-refractivity contribution in [1.29, 1.82) is 0 Å². The molecule has 0 aliphatic heterocycles. The predicted molar refractivity (Wildman–Crippen MR) is 56.8 cm³/mol. The zero-order chi connectivity index (χ0) is 10.6. The van der Waals surface area contributed by atoms with Crippen molar-refractivity contribution < 1.29 is 9.53 Å². The Bertz CT molecular complexity index is 334. The van der Waals surface area contributed by atoms with Gasteiger partial charge in [0, 0.05) is 0 Å². The first-order valence-electron chi connectivity index (χ1n) is 4.64. The second-order valence-corrected chi connectivity index (χ2v) is 3.30. The summed E-state index contributed by atoms with van der Waals surface area (Å²) in [4.78, 5) is 11.4. The highest BCUT2D eigenvalue weighted by molar-refractivity contribution is 6.33. The number of carbonyl (C=O) groups is 1. The molecule has 0 saturated heterocycles. The summed E-state index contributed by atoms with van der Waals surface area (Å²) >= 11 is 5.88. The minimum Gasteiger partial charge on any atom is -0.462 e. The molecular weight excluding hydrogens is 200 g/mol. The molecule has 14 heavy (non-hydrogen) atoms. The molecule has 0 bridgehead atoms. The van der Waals surface area contributed by atoms with E-state index < -0.39 is 0 Å². The third-order valence-electron chi connectivity index (χ3n) is 1.93. The lowest BCUT2D eigenvalue weighted by Gasteiger charge is -2.05. The third kappa shape index (κ3) is 2.48. The van der Waals surface area contributed by atoms with Crippen LogP contribution in [0.25, 0.3) is 0 Å². The summed E-state index contributed by atoms with van der Waals surface area (Å²) in [6, 6.07) is 5.41. The van der Waals surface area contributed by atoms with E-state index in [1.54, 1.807) is 19.1 Å². The third-order valence-corrected chi connectivity index (χ3v) is 2.26. The van der Waals surface area contributed by atoms with Crippen LogP contribution >= 0.6 is 11.6 Å². The quantitative estimate of drug-likeness (QED) is 0.720. The minimum atomic E-state index is -0.354. The number of benzene rings is 1. The fraction of sp³-hybridized carbons (Fsp3) is 0.364. The summed E-state index contributed by atoms with van der Waals surface area (Å²) in [5.41, 5.74) is 1.53. The average Bonchev–Trinajstić information content (AvgIpc) is 2.19. The molecular formula is C11H13ClO2. The second-order valence-electron chi connectivity index (χ2n) is 2.89. The van der Waals surface area contributed by atoms with Gasteiger partial charge in [0.15, 0.2) is 0 Å². The Kier molecular flexibility index (Phi) is 3.96. The first-order valence-corrected chi connectivity index (χ1v) is 5.02. The Morgan fingerprint density at radius 3 is 2.71 bits per heavy atom. The van der Waals surface area contributed by atoms with Gasteiger partial charge in [0.25, 0.3) is 0 Å². The topological polar surface area (TPSA) is 26.3 Å². The van der Waals surface area contributed by atoms with E-state index in [1.807, 2.05) is 13.0 Å². The average molecular weight is 213 g/mol. The van der Waals surface area contributed by atoms with Gasteiger partial charge < -0.3 is 4.74 Å². The fourth-order valence-corrected chi connectivity index (χ4v) is 1.35. The van der Waals surface area contributed by atoms with Gasteiger partial charge in [0.05, 0.1) is 17.2 Å². The SMILES string of the molecule is CCOC(=O)c1cc(CC)ccc1Cl. The minimum absolute atomic E-state index is 0.354. The van der Waals surface area contributed by atoms with Crippen molar-refractivity contribution in [3.63, 3.8) is 0 Å². The number of rotatable bonds is 3. The molecule has 0 aromatic heterocycles. The van der Waals surface area contributed by atoms with Crippen molar-refractivity contribution >= 4 is 17.6 Å². The normalized spacial score (nSPS) is 9.93. The van der Waals surface area contributed by atoms with Gasteiger partial charge in [-0.25, -0.2) is 4.79 Å². The van der Waals surface area contributed by atoms with Crippen molar-refractivity contribution in [1.82, 2.24) is 0 Å². The van der Waals surface area contributed by atoms with Crippen LogP contribution in [0.2, 0.25) is 5.02 Å². The monoisotopic (exact) mass is 212 g/mol. The first kappa shape index (κ1) is 11.1. The zero-order valence-electron chi connectivity index (χ0n) is 8.34. The molecule has 76 valence electrons. The first-order chi connectivity index (χ1) is 6.69. The molecule has 0 spiro atoms. The van der Waals surface area contributed by atoms with Crippen LogP contribution in [0.4, 0.5) is 0 Å². The highest BCUT2D eigenvalue weighted by atomic mass is 35.5. The lowest BCUT2D eigenvalue weighted by atomic mass is 10.1. The highest BCUT2D eigenvalue weighted by Crippen LogP contribution is 2.18. The number of hydrogen-bond acceptors (Lipinski definition) is 2. The van der Waals surface area contributed by atoms with Gasteiger partial charge >= 0.3 is 5.97 Å². The summed E-state index contributed by atoms with van der Waals surface area (Å²) in [5, 5.41) is 0.445. The van der Waals surface area contributed by atoms with Gasteiger partial charge in [0.1, 0.15) is 0 Å².